The van der Waals surface area contributed by atoms with Crippen LogP contribution < -0.4 is 5.73 Å². The molecule has 9 nitrogen and oxygen atoms in total. The molecule has 1 aromatic rings. The van der Waals surface area contributed by atoms with E-state index in [9.17, 15) is 4.79 Å². The molecule has 9 heteroatoms. The smallest absolute Gasteiger partial charge is 0.320 e. The van der Waals surface area contributed by atoms with E-state index in [-0.39, 0.29) is 18.8 Å². The first kappa shape index (κ1) is 24.7. The summed E-state index contributed by atoms with van der Waals surface area (Å²) in [4.78, 5) is 15.8. The van der Waals surface area contributed by atoms with Gasteiger partial charge in [-0.05, 0) is 6.42 Å². The van der Waals surface area contributed by atoms with E-state index in [1.54, 1.807) is 18.1 Å². The van der Waals surface area contributed by atoms with E-state index in [1.807, 2.05) is 0 Å². The van der Waals surface area contributed by atoms with Crippen molar-refractivity contribution in [3.05, 3.63) is 12.7 Å². The first-order valence-electron chi connectivity index (χ1n) is 11.2. The number of aromatic nitrogens is 3. The van der Waals surface area contributed by atoms with Gasteiger partial charge in [0.15, 0.2) is 6.10 Å². The van der Waals surface area contributed by atoms with Gasteiger partial charge in [-0.2, -0.15) is 5.10 Å². The van der Waals surface area contributed by atoms with Crippen LogP contribution in [0.15, 0.2) is 12.7 Å². The lowest BCUT2D eigenvalue weighted by Crippen LogP contribution is -2.56. The van der Waals surface area contributed by atoms with E-state index < -0.39 is 18.2 Å². The first-order valence-corrected chi connectivity index (χ1v) is 11.2. The van der Waals surface area contributed by atoms with Gasteiger partial charge in [-0.1, -0.05) is 51.9 Å². The number of esters is 1. The summed E-state index contributed by atoms with van der Waals surface area (Å²) >= 11 is 0. The fourth-order valence-electron chi connectivity index (χ4n) is 3.80. The summed E-state index contributed by atoms with van der Waals surface area (Å²) in [6, 6.07) is 0. The minimum absolute atomic E-state index is 0.172. The maximum Gasteiger partial charge on any atom is 0.320 e. The first-order chi connectivity index (χ1) is 14.7. The number of methoxy groups -OCH3 is 1. The van der Waals surface area contributed by atoms with E-state index in [4.69, 9.17) is 24.7 Å². The third-order valence-corrected chi connectivity index (χ3v) is 5.45. The van der Waals surface area contributed by atoms with E-state index in [0.717, 1.165) is 19.3 Å². The molecule has 2 N–H and O–H groups in total. The highest BCUT2D eigenvalue weighted by Crippen LogP contribution is 2.27. The number of nitrogens with zero attached hydrogens (tertiary/aromatic N) is 3. The summed E-state index contributed by atoms with van der Waals surface area (Å²) in [5.74, 6) is -0.460. The number of unbranched alkanes of at least 4 members (excludes halogenated alkanes) is 6. The molecule has 4 atom stereocenters. The Hall–Kier alpha value is -1.55. The molecule has 2 heterocycles. The normalized spacial score (nSPS) is 24.1. The Morgan fingerprint density at radius 3 is 2.63 bits per heavy atom. The van der Waals surface area contributed by atoms with Crippen molar-refractivity contribution >= 4 is 5.97 Å². The van der Waals surface area contributed by atoms with E-state index >= 15 is 0 Å². The van der Waals surface area contributed by atoms with Gasteiger partial charge in [-0.15, -0.1) is 0 Å². The monoisotopic (exact) mass is 426 g/mol. The summed E-state index contributed by atoms with van der Waals surface area (Å²) in [5.41, 5.74) is 5.47. The van der Waals surface area contributed by atoms with Gasteiger partial charge < -0.3 is 24.7 Å². The molecule has 1 aliphatic heterocycles. The van der Waals surface area contributed by atoms with Crippen LogP contribution >= 0.6 is 0 Å². The molecule has 0 unspecified atom stereocenters. The molecule has 2 rings (SSSR count). The molecule has 172 valence electrons. The van der Waals surface area contributed by atoms with Crippen LogP contribution in [0.3, 0.4) is 0 Å². The maximum atomic E-state index is 11.9. The standard InChI is InChI=1S/C21H38N4O5/c1-3-4-5-6-7-8-9-10-17-21(30-19(26)13-22)20(27-2)18(14-29-17)28-12-11-25-16-23-15-24-25/h15-18,20-21H,3-14,22H2,1-2H3/t17-,18+,20-,21+/m0/s1. The van der Waals surface area contributed by atoms with Crippen LogP contribution in [-0.4, -0.2) is 72.0 Å². The number of carbonyl (C=O) groups is 1. The van der Waals surface area contributed by atoms with Crippen molar-refractivity contribution in [1.82, 2.24) is 14.8 Å². The third kappa shape index (κ3) is 8.29. The van der Waals surface area contributed by atoms with Gasteiger partial charge >= 0.3 is 5.97 Å². The molecule has 0 spiro atoms. The van der Waals surface area contributed by atoms with E-state index in [2.05, 4.69) is 17.0 Å². The van der Waals surface area contributed by atoms with Crippen molar-refractivity contribution in [3.8, 4) is 0 Å². The van der Waals surface area contributed by atoms with Gasteiger partial charge in [0, 0.05) is 7.11 Å². The zero-order valence-corrected chi connectivity index (χ0v) is 18.4. The molecule has 1 fully saturated rings. The van der Waals surface area contributed by atoms with Gasteiger partial charge in [0.1, 0.15) is 24.9 Å². The molecule has 1 aliphatic rings. The second-order valence-electron chi connectivity index (χ2n) is 7.71. The zero-order chi connectivity index (χ0) is 21.6. The fourth-order valence-corrected chi connectivity index (χ4v) is 3.80. The van der Waals surface area contributed by atoms with Crippen molar-refractivity contribution in [3.63, 3.8) is 0 Å². The van der Waals surface area contributed by atoms with Crippen molar-refractivity contribution in [2.45, 2.75) is 89.3 Å². The van der Waals surface area contributed by atoms with Crippen LogP contribution in [0.2, 0.25) is 0 Å². The molecule has 0 bridgehead atoms. The minimum Gasteiger partial charge on any atom is -0.456 e. The molecule has 0 radical (unpaired) electrons. The average Bonchev–Trinajstić information content (AvgIpc) is 3.27. The predicted molar refractivity (Wildman–Crippen MR) is 112 cm³/mol. The summed E-state index contributed by atoms with van der Waals surface area (Å²) in [7, 11) is 1.61. The topological polar surface area (TPSA) is 111 Å². The summed E-state index contributed by atoms with van der Waals surface area (Å²) < 4.78 is 25.0. The lowest BCUT2D eigenvalue weighted by atomic mass is 9.95. The van der Waals surface area contributed by atoms with E-state index in [0.29, 0.717) is 19.8 Å². The fraction of sp³-hybridized carbons (Fsp3) is 0.857. The number of ether oxygens (including phenoxy) is 4. The van der Waals surface area contributed by atoms with Gasteiger partial charge in [0.25, 0.3) is 0 Å². The Bertz CT molecular complexity index is 572. The van der Waals surface area contributed by atoms with E-state index in [1.165, 1.54) is 38.4 Å². The molecular weight excluding hydrogens is 388 g/mol. The number of hydrogen-bond acceptors (Lipinski definition) is 8. The Balaban J connectivity index is 1.85. The highest BCUT2D eigenvalue weighted by molar-refractivity contribution is 5.71. The third-order valence-electron chi connectivity index (χ3n) is 5.45. The van der Waals surface area contributed by atoms with Crippen LogP contribution in [0, 0.1) is 0 Å². The molecule has 30 heavy (non-hydrogen) atoms. The van der Waals surface area contributed by atoms with Crippen LogP contribution in [0.5, 0.6) is 0 Å². The van der Waals surface area contributed by atoms with Crippen LogP contribution in [-0.2, 0) is 30.3 Å². The Morgan fingerprint density at radius 1 is 1.20 bits per heavy atom. The Labute approximate surface area is 179 Å². The summed E-state index contributed by atoms with van der Waals surface area (Å²) in [6.45, 7) is 3.45. The number of nitrogens with two attached hydrogens (primary N) is 1. The molecule has 1 saturated heterocycles. The number of hydrogen-bond donors (Lipinski definition) is 1. The highest BCUT2D eigenvalue weighted by atomic mass is 16.6. The number of rotatable bonds is 15. The van der Waals surface area contributed by atoms with Gasteiger partial charge in [0.05, 0.1) is 32.4 Å². The summed E-state index contributed by atoms with van der Waals surface area (Å²) in [5, 5.41) is 4.06. The second kappa shape index (κ2) is 14.5. The molecule has 0 aromatic carbocycles. The van der Waals surface area contributed by atoms with Crippen molar-refractivity contribution in [1.29, 1.82) is 0 Å². The molecule has 0 saturated carbocycles. The van der Waals surface area contributed by atoms with Crippen molar-refractivity contribution in [2.75, 3.05) is 26.9 Å². The SMILES string of the molecule is CCCCCCCCC[C@@H]1OC[C@@H](OCCn2cncn2)[C@H](OC)[C@@H]1OC(=O)CN. The second-order valence-corrected chi connectivity index (χ2v) is 7.71. The van der Waals surface area contributed by atoms with Gasteiger partial charge in [-0.3, -0.25) is 9.48 Å². The summed E-state index contributed by atoms with van der Waals surface area (Å²) in [6.07, 6.45) is 11.0. The Morgan fingerprint density at radius 2 is 1.97 bits per heavy atom. The Kier molecular flexibility index (Phi) is 11.9. The average molecular weight is 427 g/mol. The highest BCUT2D eigenvalue weighted by Gasteiger charge is 2.43. The molecule has 1 aromatic heterocycles. The van der Waals surface area contributed by atoms with Gasteiger partial charge in [0.2, 0.25) is 0 Å². The van der Waals surface area contributed by atoms with Gasteiger partial charge in [-0.25, -0.2) is 4.98 Å². The maximum absolute atomic E-state index is 11.9. The quantitative estimate of drug-likeness (QED) is 0.335. The number of carbonyl (C=O) groups excluding carboxylic acids is 1. The molecule has 0 amide bonds. The van der Waals surface area contributed by atoms with Crippen molar-refractivity contribution in [2.24, 2.45) is 5.73 Å². The van der Waals surface area contributed by atoms with Crippen LogP contribution in [0.4, 0.5) is 0 Å². The van der Waals surface area contributed by atoms with Crippen LogP contribution in [0.1, 0.15) is 58.3 Å². The zero-order valence-electron chi connectivity index (χ0n) is 18.4. The van der Waals surface area contributed by atoms with Crippen molar-refractivity contribution < 1.29 is 23.7 Å². The minimum atomic E-state index is -0.531. The van der Waals surface area contributed by atoms with Crippen LogP contribution in [0.25, 0.3) is 0 Å². The molecular formula is C21H38N4O5. The largest absolute Gasteiger partial charge is 0.456 e. The predicted octanol–water partition coefficient (Wildman–Crippen LogP) is 2.09. The lowest BCUT2D eigenvalue weighted by molar-refractivity contribution is -0.224. The molecule has 0 aliphatic carbocycles. The lowest BCUT2D eigenvalue weighted by Gasteiger charge is -2.41.